The molecule has 1 aliphatic heterocycles. The van der Waals surface area contributed by atoms with Crippen LogP contribution in [0, 0.1) is 20.8 Å². The van der Waals surface area contributed by atoms with Gasteiger partial charge >= 0.3 is 0 Å². The first-order chi connectivity index (χ1) is 15.5. The van der Waals surface area contributed by atoms with E-state index in [-0.39, 0.29) is 5.56 Å². The predicted molar refractivity (Wildman–Crippen MR) is 124 cm³/mol. The Morgan fingerprint density at radius 2 is 1.84 bits per heavy atom. The first kappa shape index (κ1) is 20.3. The van der Waals surface area contributed by atoms with Crippen molar-refractivity contribution in [2.45, 2.75) is 40.3 Å². The van der Waals surface area contributed by atoms with E-state index in [9.17, 15) is 4.79 Å². The zero-order valence-electron chi connectivity index (χ0n) is 18.6. The molecule has 1 N–H and O–H groups in total. The minimum absolute atomic E-state index is 0.0406. The maximum absolute atomic E-state index is 12.7. The fourth-order valence-corrected chi connectivity index (χ4v) is 4.44. The molecule has 0 amide bonds. The number of H-pyrrole nitrogens is 1. The summed E-state index contributed by atoms with van der Waals surface area (Å²) in [5, 5.41) is 4.83. The molecule has 32 heavy (non-hydrogen) atoms. The molecule has 0 radical (unpaired) electrons. The molecular formula is C25H26N6O. The second kappa shape index (κ2) is 8.16. The van der Waals surface area contributed by atoms with Crippen LogP contribution in [0.1, 0.15) is 33.8 Å². The van der Waals surface area contributed by atoms with Crippen LogP contribution in [0.2, 0.25) is 0 Å². The second-order valence-corrected chi connectivity index (χ2v) is 8.38. The van der Waals surface area contributed by atoms with Crippen molar-refractivity contribution in [3.8, 4) is 17.1 Å². The van der Waals surface area contributed by atoms with Gasteiger partial charge in [-0.3, -0.25) is 14.7 Å². The van der Waals surface area contributed by atoms with Gasteiger partial charge in [0.15, 0.2) is 0 Å². The largest absolute Gasteiger partial charge is 0.306 e. The first-order valence-corrected chi connectivity index (χ1v) is 10.9. The number of benzene rings is 1. The quantitative estimate of drug-likeness (QED) is 0.540. The highest BCUT2D eigenvalue weighted by atomic mass is 16.1. The van der Waals surface area contributed by atoms with Gasteiger partial charge < -0.3 is 4.98 Å². The predicted octanol–water partition coefficient (Wildman–Crippen LogP) is 3.50. The molecule has 1 aliphatic rings. The van der Waals surface area contributed by atoms with Crippen LogP contribution >= 0.6 is 0 Å². The molecule has 0 unspecified atom stereocenters. The lowest BCUT2D eigenvalue weighted by Gasteiger charge is -2.27. The average Bonchev–Trinajstić information content (AvgIpc) is 3.08. The molecule has 0 bridgehead atoms. The van der Waals surface area contributed by atoms with Gasteiger partial charge in [-0.25, -0.2) is 9.67 Å². The number of hydrogen-bond acceptors (Lipinski definition) is 5. The Kier molecular flexibility index (Phi) is 5.19. The van der Waals surface area contributed by atoms with E-state index in [1.165, 1.54) is 11.1 Å². The van der Waals surface area contributed by atoms with Gasteiger partial charge in [-0.05, 0) is 51.0 Å². The maximum atomic E-state index is 12.7. The van der Waals surface area contributed by atoms with Crippen molar-refractivity contribution in [3.63, 3.8) is 0 Å². The summed E-state index contributed by atoms with van der Waals surface area (Å²) in [6, 6.07) is 12.0. The number of aromatic nitrogens is 5. The number of para-hydroxylation sites is 1. The van der Waals surface area contributed by atoms with Crippen molar-refractivity contribution >= 4 is 0 Å². The lowest BCUT2D eigenvalue weighted by Crippen LogP contribution is -2.35. The van der Waals surface area contributed by atoms with Crippen LogP contribution in [0.3, 0.4) is 0 Å². The van der Waals surface area contributed by atoms with Gasteiger partial charge in [-0.2, -0.15) is 5.10 Å². The summed E-state index contributed by atoms with van der Waals surface area (Å²) in [6.07, 6.45) is 4.11. The van der Waals surface area contributed by atoms with Gasteiger partial charge in [0.2, 0.25) is 0 Å². The Morgan fingerprint density at radius 3 is 2.62 bits per heavy atom. The molecule has 3 aromatic heterocycles. The van der Waals surface area contributed by atoms with Gasteiger partial charge in [0, 0.05) is 54.4 Å². The molecule has 4 aromatic rings. The molecule has 5 rings (SSSR count). The number of nitrogens with zero attached hydrogens (tertiary/aromatic N) is 5. The van der Waals surface area contributed by atoms with Crippen molar-refractivity contribution in [1.82, 2.24) is 29.6 Å². The number of aromatic amines is 1. The fourth-order valence-electron chi connectivity index (χ4n) is 4.44. The Bertz CT molecular complexity index is 1340. The lowest BCUT2D eigenvalue weighted by atomic mass is 10.0. The van der Waals surface area contributed by atoms with Crippen LogP contribution in [-0.4, -0.2) is 36.2 Å². The number of fused-ring (bicyclic) bond motifs is 1. The lowest BCUT2D eigenvalue weighted by molar-refractivity contribution is 0.239. The fraction of sp³-hybridized carbons (Fsp3) is 0.280. The van der Waals surface area contributed by atoms with Crippen LogP contribution in [-0.2, 0) is 19.5 Å². The summed E-state index contributed by atoms with van der Waals surface area (Å²) in [6.45, 7) is 8.55. The van der Waals surface area contributed by atoms with Gasteiger partial charge in [-0.15, -0.1) is 0 Å². The molecule has 7 nitrogen and oxygen atoms in total. The minimum Gasteiger partial charge on any atom is -0.306 e. The van der Waals surface area contributed by atoms with E-state index in [2.05, 4.69) is 47.8 Å². The Balaban J connectivity index is 1.43. The number of nitrogens with one attached hydrogen (secondary N) is 1. The topological polar surface area (TPSA) is 79.7 Å². The van der Waals surface area contributed by atoms with Crippen molar-refractivity contribution in [3.05, 3.63) is 92.9 Å². The van der Waals surface area contributed by atoms with E-state index in [1.807, 2.05) is 28.9 Å². The second-order valence-electron chi connectivity index (χ2n) is 8.38. The standard InChI is InChI=1S/C25H26N6O/c1-16-6-4-5-7-23(16)31-18(3)21(17(2)29-31)14-30-13-10-20-22(15-30)27-24(28-25(20)32)19-8-11-26-12-9-19/h4-9,11-12H,10,13-15H2,1-3H3,(H,27,28,32). The van der Waals surface area contributed by atoms with E-state index < -0.39 is 0 Å². The summed E-state index contributed by atoms with van der Waals surface area (Å²) in [4.78, 5) is 26.8. The van der Waals surface area contributed by atoms with Crippen molar-refractivity contribution in [2.75, 3.05) is 6.54 Å². The van der Waals surface area contributed by atoms with Crippen molar-refractivity contribution in [2.24, 2.45) is 0 Å². The van der Waals surface area contributed by atoms with Crippen LogP contribution in [0.25, 0.3) is 17.1 Å². The molecular weight excluding hydrogens is 400 g/mol. The third-order valence-corrected chi connectivity index (χ3v) is 6.27. The van der Waals surface area contributed by atoms with E-state index in [1.54, 1.807) is 12.4 Å². The van der Waals surface area contributed by atoms with E-state index >= 15 is 0 Å². The molecule has 0 atom stereocenters. The highest BCUT2D eigenvalue weighted by Crippen LogP contribution is 2.24. The Hall–Kier alpha value is -3.58. The molecule has 0 saturated carbocycles. The smallest absolute Gasteiger partial charge is 0.254 e. The normalized spacial score (nSPS) is 13.8. The van der Waals surface area contributed by atoms with Crippen molar-refractivity contribution < 1.29 is 0 Å². The summed E-state index contributed by atoms with van der Waals surface area (Å²) >= 11 is 0. The minimum atomic E-state index is -0.0406. The zero-order valence-corrected chi connectivity index (χ0v) is 18.6. The van der Waals surface area contributed by atoms with Crippen LogP contribution in [0.5, 0.6) is 0 Å². The number of rotatable bonds is 4. The molecule has 0 aliphatic carbocycles. The van der Waals surface area contributed by atoms with E-state index in [4.69, 9.17) is 10.1 Å². The summed E-state index contributed by atoms with van der Waals surface area (Å²) < 4.78 is 2.04. The molecule has 0 saturated heterocycles. The SMILES string of the molecule is Cc1ccccc1-n1nc(C)c(CN2CCc3c(nc(-c4ccncc4)[nH]c3=O)C2)c1C. The molecule has 162 valence electrons. The van der Waals surface area contributed by atoms with Gasteiger partial charge in [0.25, 0.3) is 5.56 Å². The van der Waals surface area contributed by atoms with E-state index in [0.717, 1.165) is 47.0 Å². The number of pyridine rings is 1. The van der Waals surface area contributed by atoms with E-state index in [0.29, 0.717) is 18.8 Å². The molecule has 7 heteroatoms. The monoisotopic (exact) mass is 426 g/mol. The molecule has 1 aromatic carbocycles. The molecule has 0 spiro atoms. The first-order valence-electron chi connectivity index (χ1n) is 10.9. The highest BCUT2D eigenvalue weighted by molar-refractivity contribution is 5.54. The summed E-state index contributed by atoms with van der Waals surface area (Å²) in [5.41, 5.74) is 8.20. The molecule has 0 fully saturated rings. The Morgan fingerprint density at radius 1 is 1.06 bits per heavy atom. The van der Waals surface area contributed by atoms with Crippen LogP contribution in [0.4, 0.5) is 0 Å². The van der Waals surface area contributed by atoms with Crippen molar-refractivity contribution in [1.29, 1.82) is 0 Å². The number of aryl methyl sites for hydroxylation is 2. The van der Waals surface area contributed by atoms with Gasteiger partial charge in [0.05, 0.1) is 17.1 Å². The summed E-state index contributed by atoms with van der Waals surface area (Å²) in [5.74, 6) is 0.595. The van der Waals surface area contributed by atoms with Crippen LogP contribution in [0.15, 0.2) is 53.6 Å². The average molecular weight is 427 g/mol. The Labute approximate surface area is 186 Å². The highest BCUT2D eigenvalue weighted by Gasteiger charge is 2.24. The van der Waals surface area contributed by atoms with Gasteiger partial charge in [0.1, 0.15) is 5.82 Å². The summed E-state index contributed by atoms with van der Waals surface area (Å²) in [7, 11) is 0. The maximum Gasteiger partial charge on any atom is 0.254 e. The molecule has 4 heterocycles. The van der Waals surface area contributed by atoms with Gasteiger partial charge in [-0.1, -0.05) is 18.2 Å². The zero-order chi connectivity index (χ0) is 22.2. The third kappa shape index (κ3) is 3.65. The van der Waals surface area contributed by atoms with Crippen LogP contribution < -0.4 is 5.56 Å². The third-order valence-electron chi connectivity index (χ3n) is 6.27. The number of hydrogen-bond donors (Lipinski definition) is 1.